The van der Waals surface area contributed by atoms with Crippen molar-refractivity contribution in [2.24, 2.45) is 44.3 Å². The molecule has 0 aromatic rings. The minimum absolute atomic E-state index is 0.173. The summed E-state index contributed by atoms with van der Waals surface area (Å²) in [6, 6.07) is 0. The van der Waals surface area contributed by atoms with Crippen LogP contribution in [-0.2, 0) is 42.7 Å². The fraction of sp³-hybridized carbons (Fsp3) is 0.875. The van der Waals surface area contributed by atoms with Gasteiger partial charge < -0.3 is 94.4 Å². The van der Waals surface area contributed by atoms with Gasteiger partial charge in [0.1, 0.15) is 67.1 Å². The fourth-order valence-electron chi connectivity index (χ4n) is 14.5. The summed E-state index contributed by atoms with van der Waals surface area (Å²) >= 11 is 0. The number of aliphatic hydroxyl groups excluding tert-OH is 12. The lowest BCUT2D eigenvalue weighted by atomic mass is 9.35. The molecule has 4 saturated carbocycles. The van der Waals surface area contributed by atoms with Crippen LogP contribution in [0.4, 0.5) is 0 Å². The van der Waals surface area contributed by atoms with E-state index in [1.54, 1.807) is 0 Å². The predicted octanol–water partition coefficient (Wildman–Crippen LogP) is -2.20. The van der Waals surface area contributed by atoms with Gasteiger partial charge in [-0.25, -0.2) is 0 Å². The molecule has 7 fully saturated rings. The molecule has 392 valence electrons. The van der Waals surface area contributed by atoms with E-state index < -0.39 is 175 Å². The van der Waals surface area contributed by atoms with Crippen molar-refractivity contribution >= 4 is 11.9 Å². The minimum atomic E-state index is -1.80. The van der Waals surface area contributed by atoms with Gasteiger partial charge in [0.25, 0.3) is 0 Å². The minimum Gasteiger partial charge on any atom is -0.469 e. The highest BCUT2D eigenvalue weighted by Crippen LogP contribution is 2.75. The van der Waals surface area contributed by atoms with Crippen molar-refractivity contribution < 1.29 is 104 Å². The number of rotatable bonds is 10. The number of hydrogen-bond acceptors (Lipinski definition) is 21. The topological polar surface area (TPSA) is 342 Å². The van der Waals surface area contributed by atoms with E-state index in [-0.39, 0.29) is 25.2 Å². The Morgan fingerprint density at radius 2 is 1.25 bits per heavy atom. The first-order chi connectivity index (χ1) is 32.4. The van der Waals surface area contributed by atoms with Crippen molar-refractivity contribution in [1.29, 1.82) is 0 Å². The van der Waals surface area contributed by atoms with Crippen LogP contribution in [0, 0.1) is 44.3 Å². The molecule has 3 aliphatic heterocycles. The van der Waals surface area contributed by atoms with E-state index >= 15 is 0 Å². The van der Waals surface area contributed by atoms with Gasteiger partial charge in [0.15, 0.2) is 12.6 Å². The average Bonchev–Trinajstić information content (AvgIpc) is 3.32. The first kappa shape index (κ1) is 53.0. The maximum absolute atomic E-state index is 14.8. The average molecular weight is 987 g/mol. The van der Waals surface area contributed by atoms with Gasteiger partial charge in [0.05, 0.1) is 56.6 Å². The molecule has 0 radical (unpaired) electrons. The molecule has 0 bridgehead atoms. The second-order valence-corrected chi connectivity index (χ2v) is 22.5. The van der Waals surface area contributed by atoms with Crippen molar-refractivity contribution in [2.45, 2.75) is 184 Å². The van der Waals surface area contributed by atoms with Crippen LogP contribution in [0.1, 0.15) is 86.0 Å². The van der Waals surface area contributed by atoms with E-state index in [0.29, 0.717) is 32.1 Å². The fourth-order valence-corrected chi connectivity index (χ4v) is 14.5. The molecule has 0 aromatic carbocycles. The maximum Gasteiger partial charge on any atom is 0.315 e. The van der Waals surface area contributed by atoms with Crippen molar-refractivity contribution in [3.8, 4) is 0 Å². The number of methoxy groups -OCH3 is 1. The van der Waals surface area contributed by atoms with Crippen LogP contribution in [0.3, 0.4) is 0 Å². The number of esters is 2. The zero-order chi connectivity index (χ0) is 50.6. The van der Waals surface area contributed by atoms with Crippen LogP contribution < -0.4 is 0 Å². The summed E-state index contributed by atoms with van der Waals surface area (Å²) < 4.78 is 40.2. The van der Waals surface area contributed by atoms with E-state index in [4.69, 9.17) is 33.2 Å². The molecule has 0 unspecified atom stereocenters. The Hall–Kier alpha value is -2.26. The van der Waals surface area contributed by atoms with Gasteiger partial charge in [-0.2, -0.15) is 0 Å². The standard InChI is InChI=1S/C48H74O21/c1-43(41(61)63-6)11-13-48(42(62)69-40-36(60)33(57)30(54)25(18-50)66-40)14-12-46(4)21(22(48)15-43)7-8-28-44(2)16-23(52)37(45(3,20-51)27(44)9-10-47(28,46)5)68-38-34(58)31(55)26(19-64-38)67-39-35(59)32(56)29(53)24(17-49)65-39/h7-8,22-27,29-40,49-60H,9-20H2,1-6H3/t22-,23-,24+,25+,26+,27+,29+,30+,31-,32-,33-,34+,35+,36+,37-,38-,39-,40-,43+,44-,45-,46+,47+,48-/m0/s1. The lowest BCUT2D eigenvalue weighted by Gasteiger charge is -2.69. The number of carbonyl (C=O) groups excluding carboxylic acids is 2. The molecule has 21 heteroatoms. The van der Waals surface area contributed by atoms with Gasteiger partial charge in [0.2, 0.25) is 6.29 Å². The van der Waals surface area contributed by atoms with Gasteiger partial charge in [-0.05, 0) is 86.4 Å². The van der Waals surface area contributed by atoms with Crippen LogP contribution >= 0.6 is 0 Å². The number of carbonyl (C=O) groups is 2. The van der Waals surface area contributed by atoms with Gasteiger partial charge in [-0.3, -0.25) is 9.59 Å². The monoisotopic (exact) mass is 986 g/mol. The SMILES string of the molecule is COC(=O)[C@]1(C)CC[C@]2(C(=O)O[C@@H]3O[C@H](CO)[C@@H](O)[C@H](O)[C@H]3O)CC[C@]3(C)C(=CC=C4[C@@]5(C)C[C@H](O)[C@H](O[C@@H]6OC[C@@H](O[C@@H]7O[C@H](CO)[C@@H](O)[C@H](O)[C@H]7O)[C@H](O)[C@H]6O)[C@@](C)(CO)[C@@H]5CC[C@]43C)[C@@H]2C1. The normalized spacial score (nSPS) is 53.0. The van der Waals surface area contributed by atoms with E-state index in [9.17, 15) is 70.9 Å². The van der Waals surface area contributed by atoms with Gasteiger partial charge in [-0.15, -0.1) is 0 Å². The van der Waals surface area contributed by atoms with Crippen LogP contribution in [0.5, 0.6) is 0 Å². The first-order valence-electron chi connectivity index (χ1n) is 24.3. The molecule has 21 nitrogen and oxygen atoms in total. The van der Waals surface area contributed by atoms with Crippen molar-refractivity contribution in [3.63, 3.8) is 0 Å². The summed E-state index contributed by atoms with van der Waals surface area (Å²) in [5, 5.41) is 128. The highest BCUT2D eigenvalue weighted by Gasteiger charge is 2.70. The third-order valence-corrected chi connectivity index (χ3v) is 18.9. The van der Waals surface area contributed by atoms with Crippen molar-refractivity contribution in [1.82, 2.24) is 0 Å². The molecule has 0 aromatic heterocycles. The van der Waals surface area contributed by atoms with Crippen LogP contribution in [-0.4, -0.2) is 205 Å². The summed E-state index contributed by atoms with van der Waals surface area (Å²) in [4.78, 5) is 28.2. The molecule has 5 aliphatic carbocycles. The molecule has 69 heavy (non-hydrogen) atoms. The molecule has 12 N–H and O–H groups in total. The number of fused-ring (bicyclic) bond motifs is 7. The third-order valence-electron chi connectivity index (χ3n) is 18.9. The summed E-state index contributed by atoms with van der Waals surface area (Å²) in [7, 11) is 1.33. The second kappa shape index (κ2) is 18.9. The number of allylic oxidation sites excluding steroid dienone is 4. The number of ether oxygens (including phenoxy) is 7. The van der Waals surface area contributed by atoms with E-state index in [1.807, 2.05) is 19.9 Å². The van der Waals surface area contributed by atoms with E-state index in [1.165, 1.54) is 7.11 Å². The molecular formula is C48H74O21. The molecule has 0 amide bonds. The molecule has 24 atom stereocenters. The van der Waals surface area contributed by atoms with E-state index in [2.05, 4.69) is 26.8 Å². The van der Waals surface area contributed by atoms with Crippen LogP contribution in [0.25, 0.3) is 0 Å². The third kappa shape index (κ3) is 8.09. The summed E-state index contributed by atoms with van der Waals surface area (Å²) in [5.74, 6) is -1.99. The first-order valence-corrected chi connectivity index (χ1v) is 24.3. The predicted molar refractivity (Wildman–Crippen MR) is 233 cm³/mol. The summed E-state index contributed by atoms with van der Waals surface area (Å²) in [6.07, 6.45) is -17.9. The molecule has 8 aliphatic rings. The van der Waals surface area contributed by atoms with E-state index in [0.717, 1.165) is 11.1 Å². The number of aliphatic hydroxyl groups is 12. The van der Waals surface area contributed by atoms with Gasteiger partial charge in [-0.1, -0.05) is 51.0 Å². The van der Waals surface area contributed by atoms with Crippen molar-refractivity contribution in [2.75, 3.05) is 33.5 Å². The molecule has 3 heterocycles. The summed E-state index contributed by atoms with van der Waals surface area (Å²) in [6.45, 7) is 7.84. The lowest BCUT2D eigenvalue weighted by Crippen LogP contribution is -2.67. The Morgan fingerprint density at radius 3 is 1.86 bits per heavy atom. The number of hydrogen-bond donors (Lipinski definition) is 12. The Morgan fingerprint density at radius 1 is 0.652 bits per heavy atom. The zero-order valence-corrected chi connectivity index (χ0v) is 40.1. The Bertz CT molecular complexity index is 1980. The smallest absolute Gasteiger partial charge is 0.315 e. The lowest BCUT2D eigenvalue weighted by molar-refractivity contribution is -0.355. The summed E-state index contributed by atoms with van der Waals surface area (Å²) in [5.41, 5.74) is -3.29. The van der Waals surface area contributed by atoms with Gasteiger partial charge >= 0.3 is 11.9 Å². The molecule has 8 rings (SSSR count). The van der Waals surface area contributed by atoms with Crippen LogP contribution in [0.15, 0.2) is 23.3 Å². The molecule has 0 spiro atoms. The molecular weight excluding hydrogens is 913 g/mol. The highest BCUT2D eigenvalue weighted by molar-refractivity contribution is 5.81. The van der Waals surface area contributed by atoms with Crippen LogP contribution in [0.2, 0.25) is 0 Å². The zero-order valence-electron chi connectivity index (χ0n) is 40.1. The Kier molecular flexibility index (Phi) is 14.5. The Labute approximate surface area is 400 Å². The highest BCUT2D eigenvalue weighted by atomic mass is 16.7. The van der Waals surface area contributed by atoms with Gasteiger partial charge in [0, 0.05) is 5.41 Å². The Balaban J connectivity index is 1.06. The quantitative estimate of drug-likeness (QED) is 0.0816. The molecule has 3 saturated heterocycles. The second-order valence-electron chi connectivity index (χ2n) is 22.5. The largest absolute Gasteiger partial charge is 0.469 e. The maximum atomic E-state index is 14.8. The van der Waals surface area contributed by atoms with Crippen molar-refractivity contribution in [3.05, 3.63) is 23.3 Å².